The summed E-state index contributed by atoms with van der Waals surface area (Å²) >= 11 is 0. The van der Waals surface area contributed by atoms with E-state index in [9.17, 15) is 4.79 Å². The van der Waals surface area contributed by atoms with Crippen LogP contribution in [0.4, 0.5) is 0 Å². The van der Waals surface area contributed by atoms with Gasteiger partial charge in [0.1, 0.15) is 6.54 Å². The van der Waals surface area contributed by atoms with E-state index in [-0.39, 0.29) is 12.5 Å². The minimum absolute atomic E-state index is 0.0215. The Morgan fingerprint density at radius 2 is 1.86 bits per heavy atom. The Morgan fingerprint density at radius 1 is 1.14 bits per heavy atom. The molecule has 0 radical (unpaired) electrons. The van der Waals surface area contributed by atoms with Gasteiger partial charge in [-0.25, -0.2) is 4.99 Å². The van der Waals surface area contributed by atoms with Gasteiger partial charge in [0.2, 0.25) is 5.91 Å². The zero-order chi connectivity index (χ0) is 20.4. The van der Waals surface area contributed by atoms with Crippen molar-refractivity contribution in [3.05, 3.63) is 53.3 Å². The van der Waals surface area contributed by atoms with Crippen molar-refractivity contribution in [2.75, 3.05) is 33.7 Å². The highest BCUT2D eigenvalue weighted by atomic mass is 16.2. The van der Waals surface area contributed by atoms with Crippen LogP contribution in [0.25, 0.3) is 0 Å². The van der Waals surface area contributed by atoms with Gasteiger partial charge in [-0.15, -0.1) is 0 Å². The number of likely N-dealkylation sites (N-methyl/N-ethyl adjacent to an activating group) is 1. The van der Waals surface area contributed by atoms with Crippen LogP contribution in [0, 0.1) is 13.8 Å². The summed E-state index contributed by atoms with van der Waals surface area (Å²) < 4.78 is 2.02. The van der Waals surface area contributed by atoms with Gasteiger partial charge in [0, 0.05) is 39.4 Å². The highest BCUT2D eigenvalue weighted by Gasteiger charge is 2.05. The molecule has 0 aliphatic rings. The second-order valence-corrected chi connectivity index (χ2v) is 7.05. The van der Waals surface area contributed by atoms with Crippen LogP contribution in [0.15, 0.2) is 41.4 Å². The molecule has 0 fully saturated rings. The molecule has 0 spiro atoms. The molecule has 2 rings (SSSR count). The Hall–Kier alpha value is -2.83. The lowest BCUT2D eigenvalue weighted by Gasteiger charge is -2.14. The molecule has 28 heavy (non-hydrogen) atoms. The third-order valence-electron chi connectivity index (χ3n) is 4.36. The number of hydrogen-bond donors (Lipinski definition) is 2. The van der Waals surface area contributed by atoms with Gasteiger partial charge in [-0.2, -0.15) is 5.10 Å². The van der Waals surface area contributed by atoms with Crippen LogP contribution < -0.4 is 10.6 Å². The quantitative estimate of drug-likeness (QED) is 0.392. The maximum Gasteiger partial charge on any atom is 0.243 e. The Bertz CT molecular complexity index is 766. The van der Waals surface area contributed by atoms with Gasteiger partial charge >= 0.3 is 0 Å². The summed E-state index contributed by atoms with van der Waals surface area (Å²) in [7, 11) is 3.48. The van der Waals surface area contributed by atoms with E-state index in [0.717, 1.165) is 38.2 Å². The Kier molecular flexibility index (Phi) is 8.52. The number of benzene rings is 1. The van der Waals surface area contributed by atoms with Crippen molar-refractivity contribution < 1.29 is 4.79 Å². The minimum atomic E-state index is -0.0215. The fraction of sp³-hybridized carbons (Fsp3) is 0.476. The molecule has 7 nitrogen and oxygen atoms in total. The monoisotopic (exact) mass is 384 g/mol. The van der Waals surface area contributed by atoms with Crippen molar-refractivity contribution in [1.82, 2.24) is 25.3 Å². The number of carbonyl (C=O) groups excluding carboxylic acids is 1. The first-order chi connectivity index (χ1) is 13.5. The van der Waals surface area contributed by atoms with Crippen LogP contribution in [0.2, 0.25) is 0 Å². The lowest BCUT2D eigenvalue weighted by Crippen LogP contribution is -2.40. The third kappa shape index (κ3) is 7.42. The van der Waals surface area contributed by atoms with E-state index >= 15 is 0 Å². The molecule has 2 aromatic rings. The summed E-state index contributed by atoms with van der Waals surface area (Å²) in [4.78, 5) is 17.8. The average Bonchev–Trinajstić information content (AvgIpc) is 3.00. The number of nitrogens with one attached hydrogen (secondary N) is 2. The van der Waals surface area contributed by atoms with Crippen molar-refractivity contribution in [2.24, 2.45) is 4.99 Å². The number of nitrogens with zero attached hydrogens (tertiary/aromatic N) is 4. The third-order valence-corrected chi connectivity index (χ3v) is 4.36. The van der Waals surface area contributed by atoms with Crippen LogP contribution in [0.1, 0.15) is 23.4 Å². The van der Waals surface area contributed by atoms with Gasteiger partial charge in [-0.05, 0) is 38.3 Å². The van der Waals surface area contributed by atoms with E-state index in [1.54, 1.807) is 19.0 Å². The normalized spacial score (nSPS) is 11.4. The molecule has 0 unspecified atom stereocenters. The number of aryl methyl sites for hydroxylation is 3. The molecule has 0 aliphatic heterocycles. The van der Waals surface area contributed by atoms with E-state index in [1.807, 2.05) is 29.8 Å². The molecule has 0 saturated carbocycles. The first-order valence-corrected chi connectivity index (χ1v) is 9.73. The number of aliphatic imine (C=N–C) groups is 1. The zero-order valence-electron chi connectivity index (χ0n) is 17.4. The van der Waals surface area contributed by atoms with Crippen LogP contribution in [0.3, 0.4) is 0 Å². The number of carbonyl (C=O) groups is 1. The average molecular weight is 385 g/mol. The van der Waals surface area contributed by atoms with Crippen molar-refractivity contribution in [3.8, 4) is 0 Å². The molecule has 0 bridgehead atoms. The molecule has 1 aromatic heterocycles. The minimum Gasteiger partial charge on any atom is -0.356 e. The molecule has 1 amide bonds. The van der Waals surface area contributed by atoms with Crippen molar-refractivity contribution in [3.63, 3.8) is 0 Å². The first-order valence-electron chi connectivity index (χ1n) is 9.73. The number of hydrogen-bond acceptors (Lipinski definition) is 3. The van der Waals surface area contributed by atoms with E-state index < -0.39 is 0 Å². The van der Waals surface area contributed by atoms with Gasteiger partial charge < -0.3 is 15.5 Å². The van der Waals surface area contributed by atoms with Crippen LogP contribution in [0.5, 0.6) is 0 Å². The fourth-order valence-corrected chi connectivity index (χ4v) is 2.77. The van der Waals surface area contributed by atoms with E-state index in [1.165, 1.54) is 11.3 Å². The highest BCUT2D eigenvalue weighted by molar-refractivity contribution is 5.84. The lowest BCUT2D eigenvalue weighted by molar-refractivity contribution is -0.127. The fourth-order valence-electron chi connectivity index (χ4n) is 2.77. The summed E-state index contributed by atoms with van der Waals surface area (Å²) in [6.45, 7) is 6.56. The summed E-state index contributed by atoms with van der Waals surface area (Å²) in [5.74, 6) is 0.645. The summed E-state index contributed by atoms with van der Waals surface area (Å²) in [6, 6.07) is 12.4. The molecule has 1 heterocycles. The largest absolute Gasteiger partial charge is 0.356 e. The Morgan fingerprint density at radius 3 is 2.50 bits per heavy atom. The van der Waals surface area contributed by atoms with Gasteiger partial charge in [0.15, 0.2) is 5.96 Å². The number of guanidine groups is 1. The number of aromatic nitrogens is 2. The van der Waals surface area contributed by atoms with Crippen molar-refractivity contribution in [2.45, 2.75) is 33.2 Å². The SMILES string of the molecule is Cc1cc(C)n(CCCNC(=NCC(=O)N(C)C)NCCc2ccccc2)n1. The first kappa shape index (κ1) is 21.5. The zero-order valence-corrected chi connectivity index (χ0v) is 17.4. The number of amides is 1. The topological polar surface area (TPSA) is 74.6 Å². The standard InChI is InChI=1S/C21H32N6O/c1-17-15-18(2)27(25-17)14-8-12-22-21(24-16-20(28)26(3)4)23-13-11-19-9-6-5-7-10-19/h5-7,9-10,15H,8,11-14,16H2,1-4H3,(H2,22,23,24). The second-order valence-electron chi connectivity index (χ2n) is 7.05. The Balaban J connectivity index is 1.83. The van der Waals surface area contributed by atoms with Crippen LogP contribution in [-0.4, -0.2) is 60.3 Å². The van der Waals surface area contributed by atoms with E-state index in [2.05, 4.69) is 45.8 Å². The van der Waals surface area contributed by atoms with Gasteiger partial charge in [0.05, 0.1) is 5.69 Å². The summed E-state index contributed by atoms with van der Waals surface area (Å²) in [5, 5.41) is 11.1. The maximum atomic E-state index is 11.8. The maximum absolute atomic E-state index is 11.8. The molecular weight excluding hydrogens is 352 g/mol. The highest BCUT2D eigenvalue weighted by Crippen LogP contribution is 2.02. The van der Waals surface area contributed by atoms with E-state index in [0.29, 0.717) is 5.96 Å². The van der Waals surface area contributed by atoms with E-state index in [4.69, 9.17) is 0 Å². The van der Waals surface area contributed by atoms with Gasteiger partial charge in [-0.1, -0.05) is 30.3 Å². The predicted molar refractivity (Wildman–Crippen MR) is 113 cm³/mol. The molecule has 0 aliphatic carbocycles. The molecule has 1 aromatic carbocycles. The molecular formula is C21H32N6O. The van der Waals surface area contributed by atoms with Crippen molar-refractivity contribution in [1.29, 1.82) is 0 Å². The molecule has 152 valence electrons. The summed E-state index contributed by atoms with van der Waals surface area (Å²) in [5.41, 5.74) is 3.48. The lowest BCUT2D eigenvalue weighted by atomic mass is 10.1. The van der Waals surface area contributed by atoms with Crippen LogP contribution >= 0.6 is 0 Å². The smallest absolute Gasteiger partial charge is 0.243 e. The molecule has 2 N–H and O–H groups in total. The molecule has 0 saturated heterocycles. The number of rotatable bonds is 9. The van der Waals surface area contributed by atoms with Gasteiger partial charge in [0.25, 0.3) is 0 Å². The Labute approximate surface area is 167 Å². The molecule has 7 heteroatoms. The van der Waals surface area contributed by atoms with Gasteiger partial charge in [-0.3, -0.25) is 9.48 Å². The molecule has 0 atom stereocenters. The van der Waals surface area contributed by atoms with Crippen molar-refractivity contribution >= 4 is 11.9 Å². The van der Waals surface area contributed by atoms with Crippen LogP contribution in [-0.2, 0) is 17.8 Å². The predicted octanol–water partition coefficient (Wildman–Crippen LogP) is 1.76. The summed E-state index contributed by atoms with van der Waals surface area (Å²) in [6.07, 6.45) is 1.82. The second kappa shape index (κ2) is 11.1.